The van der Waals surface area contributed by atoms with E-state index in [0.717, 1.165) is 0 Å². The molecule has 8 heteroatoms. The first-order valence-corrected chi connectivity index (χ1v) is 3.65. The smallest absolute Gasteiger partial charge is 0.370 e. The predicted octanol–water partition coefficient (Wildman–Crippen LogP) is -3.81. The standard InChI is InChI=1S/C6H10O8/c7-1-2(8)3(9)5(12)6(13,14-5)4(10)11/h2-3,7-9,12-13H,1H2,(H,10,11)/t2-,3+,5-,6-/m0/s1. The molecular formula is C6H10O8. The van der Waals surface area contributed by atoms with Crippen molar-refractivity contribution in [3.63, 3.8) is 0 Å². The Morgan fingerprint density at radius 1 is 1.36 bits per heavy atom. The van der Waals surface area contributed by atoms with E-state index in [4.69, 9.17) is 25.5 Å². The fraction of sp³-hybridized carbons (Fsp3) is 0.833. The van der Waals surface area contributed by atoms with Gasteiger partial charge in [0.25, 0.3) is 5.79 Å². The van der Waals surface area contributed by atoms with E-state index in [1.54, 1.807) is 0 Å². The van der Waals surface area contributed by atoms with E-state index < -0.39 is 36.4 Å². The van der Waals surface area contributed by atoms with Crippen LogP contribution < -0.4 is 0 Å². The molecule has 14 heavy (non-hydrogen) atoms. The second kappa shape index (κ2) is 3.12. The van der Waals surface area contributed by atoms with Crippen LogP contribution in [0.5, 0.6) is 0 Å². The van der Waals surface area contributed by atoms with Gasteiger partial charge in [0, 0.05) is 0 Å². The number of hydrogen-bond donors (Lipinski definition) is 6. The van der Waals surface area contributed by atoms with E-state index in [2.05, 4.69) is 4.74 Å². The molecule has 1 aliphatic heterocycles. The third-order valence-corrected chi connectivity index (χ3v) is 1.99. The van der Waals surface area contributed by atoms with Crippen molar-refractivity contribution in [3.05, 3.63) is 0 Å². The van der Waals surface area contributed by atoms with Crippen LogP contribution in [0, 0.1) is 0 Å². The summed E-state index contributed by atoms with van der Waals surface area (Å²) in [6.45, 7) is -0.914. The topological polar surface area (TPSA) is 151 Å². The number of carboxylic acid groups (broad SMARTS) is 1. The molecule has 1 fully saturated rings. The normalized spacial score (nSPS) is 40.4. The number of aliphatic carboxylic acids is 1. The lowest BCUT2D eigenvalue weighted by Crippen LogP contribution is -2.48. The second-order valence-electron chi connectivity index (χ2n) is 2.94. The molecule has 6 N–H and O–H groups in total. The van der Waals surface area contributed by atoms with Crippen LogP contribution in [-0.2, 0) is 9.53 Å². The minimum atomic E-state index is -2.94. The summed E-state index contributed by atoms with van der Waals surface area (Å²) in [6, 6.07) is 0. The van der Waals surface area contributed by atoms with Crippen LogP contribution in [0.15, 0.2) is 0 Å². The van der Waals surface area contributed by atoms with Crippen molar-refractivity contribution in [1.29, 1.82) is 0 Å². The fourth-order valence-corrected chi connectivity index (χ4v) is 1.02. The molecule has 82 valence electrons. The van der Waals surface area contributed by atoms with Gasteiger partial charge in [-0.3, -0.25) is 4.74 Å². The SMILES string of the molecule is O=C(O)[C@]1(O)O[C@@]1(O)[C@H](O)[C@@H](O)CO. The lowest BCUT2D eigenvalue weighted by molar-refractivity contribution is -0.164. The molecule has 1 aliphatic rings. The molecule has 0 unspecified atom stereocenters. The molecule has 0 saturated carbocycles. The predicted molar refractivity (Wildman–Crippen MR) is 37.7 cm³/mol. The highest BCUT2D eigenvalue weighted by molar-refractivity contribution is 5.80. The summed E-state index contributed by atoms with van der Waals surface area (Å²) in [5, 5.41) is 53.0. The van der Waals surface area contributed by atoms with Crippen LogP contribution in [0.4, 0.5) is 0 Å². The van der Waals surface area contributed by atoms with Gasteiger partial charge in [0.15, 0.2) is 0 Å². The van der Waals surface area contributed by atoms with Crippen LogP contribution in [0.2, 0.25) is 0 Å². The Morgan fingerprint density at radius 2 is 1.86 bits per heavy atom. The number of rotatable bonds is 4. The zero-order chi connectivity index (χ0) is 11.1. The van der Waals surface area contributed by atoms with Gasteiger partial charge in [-0.2, -0.15) is 0 Å². The Labute approximate surface area is 77.6 Å². The number of hydrogen-bond acceptors (Lipinski definition) is 7. The third-order valence-electron chi connectivity index (χ3n) is 1.99. The van der Waals surface area contributed by atoms with Gasteiger partial charge in [0.05, 0.1) is 6.61 Å². The maximum absolute atomic E-state index is 10.3. The van der Waals surface area contributed by atoms with Crippen LogP contribution >= 0.6 is 0 Å². The summed E-state index contributed by atoms with van der Waals surface area (Å²) < 4.78 is 4.03. The molecule has 1 saturated heterocycles. The molecule has 0 spiro atoms. The van der Waals surface area contributed by atoms with Crippen molar-refractivity contribution in [3.8, 4) is 0 Å². The van der Waals surface area contributed by atoms with Crippen LogP contribution in [0.1, 0.15) is 0 Å². The van der Waals surface area contributed by atoms with Gasteiger partial charge >= 0.3 is 11.8 Å². The lowest BCUT2D eigenvalue weighted by Gasteiger charge is -2.18. The van der Waals surface area contributed by atoms with Gasteiger partial charge in [-0.25, -0.2) is 4.79 Å². The van der Waals surface area contributed by atoms with Crippen molar-refractivity contribution in [2.75, 3.05) is 6.61 Å². The minimum Gasteiger partial charge on any atom is -0.477 e. The Kier molecular flexibility index (Phi) is 2.52. The highest BCUT2D eigenvalue weighted by Crippen LogP contribution is 2.47. The molecule has 0 aromatic heterocycles. The summed E-state index contributed by atoms with van der Waals surface area (Å²) in [4.78, 5) is 10.3. The number of aliphatic hydroxyl groups excluding tert-OH is 3. The van der Waals surface area contributed by atoms with Gasteiger partial charge in [0.2, 0.25) is 0 Å². The van der Waals surface area contributed by atoms with Gasteiger partial charge in [0.1, 0.15) is 12.2 Å². The van der Waals surface area contributed by atoms with E-state index >= 15 is 0 Å². The molecule has 4 atom stereocenters. The van der Waals surface area contributed by atoms with E-state index in [-0.39, 0.29) is 0 Å². The summed E-state index contributed by atoms with van der Waals surface area (Å²) in [5.41, 5.74) is 0. The number of carbonyl (C=O) groups is 1. The van der Waals surface area contributed by atoms with Crippen LogP contribution in [-0.4, -0.2) is 67.0 Å². The van der Waals surface area contributed by atoms with Gasteiger partial charge in [-0.1, -0.05) is 0 Å². The quantitative estimate of drug-likeness (QED) is 0.258. The second-order valence-corrected chi connectivity index (χ2v) is 2.94. The molecular weight excluding hydrogens is 200 g/mol. The molecule has 0 aliphatic carbocycles. The molecule has 1 heterocycles. The highest BCUT2D eigenvalue weighted by atomic mass is 16.9. The molecule has 8 nitrogen and oxygen atoms in total. The Hall–Kier alpha value is -0.770. The number of carboxylic acids is 1. The molecule has 0 bridgehead atoms. The summed E-state index contributed by atoms with van der Waals surface area (Å²) in [6.07, 6.45) is -3.93. The maximum Gasteiger partial charge on any atom is 0.370 e. The van der Waals surface area contributed by atoms with E-state index in [0.29, 0.717) is 0 Å². The molecule has 0 aromatic rings. The molecule has 0 amide bonds. The fourth-order valence-electron chi connectivity index (χ4n) is 1.02. The Balaban J connectivity index is 2.77. The first-order chi connectivity index (χ1) is 6.29. The van der Waals surface area contributed by atoms with Crippen molar-refractivity contribution < 1.29 is 40.2 Å². The van der Waals surface area contributed by atoms with Crippen molar-refractivity contribution in [2.45, 2.75) is 23.8 Å². The number of aliphatic hydroxyl groups is 5. The Bertz CT molecular complexity index is 254. The average molecular weight is 210 g/mol. The number of ether oxygens (including phenoxy) is 1. The van der Waals surface area contributed by atoms with Gasteiger partial charge in [-0.15, -0.1) is 0 Å². The summed E-state index contributed by atoms with van der Waals surface area (Å²) >= 11 is 0. The molecule has 0 aromatic carbocycles. The summed E-state index contributed by atoms with van der Waals surface area (Å²) in [5.74, 6) is -7.63. The number of epoxide rings is 1. The maximum atomic E-state index is 10.3. The monoisotopic (exact) mass is 210 g/mol. The van der Waals surface area contributed by atoms with Crippen molar-refractivity contribution >= 4 is 5.97 Å². The average Bonchev–Trinajstić information content (AvgIpc) is 2.70. The van der Waals surface area contributed by atoms with E-state index in [9.17, 15) is 9.90 Å². The van der Waals surface area contributed by atoms with Gasteiger partial charge in [-0.05, 0) is 0 Å². The zero-order valence-corrected chi connectivity index (χ0v) is 6.86. The van der Waals surface area contributed by atoms with E-state index in [1.165, 1.54) is 0 Å². The van der Waals surface area contributed by atoms with Gasteiger partial charge < -0.3 is 30.6 Å². The first-order valence-electron chi connectivity index (χ1n) is 3.65. The van der Waals surface area contributed by atoms with Crippen LogP contribution in [0.25, 0.3) is 0 Å². The lowest BCUT2D eigenvalue weighted by atomic mass is 10.0. The zero-order valence-electron chi connectivity index (χ0n) is 6.86. The first kappa shape index (κ1) is 11.3. The Morgan fingerprint density at radius 3 is 2.14 bits per heavy atom. The molecule has 1 rings (SSSR count). The van der Waals surface area contributed by atoms with Crippen molar-refractivity contribution in [2.24, 2.45) is 0 Å². The van der Waals surface area contributed by atoms with E-state index in [1.807, 2.05) is 0 Å². The summed E-state index contributed by atoms with van der Waals surface area (Å²) in [7, 11) is 0. The highest BCUT2D eigenvalue weighted by Gasteiger charge is 2.80. The largest absolute Gasteiger partial charge is 0.477 e. The minimum absolute atomic E-state index is 0.914. The van der Waals surface area contributed by atoms with Crippen molar-refractivity contribution in [1.82, 2.24) is 0 Å². The van der Waals surface area contributed by atoms with Crippen LogP contribution in [0.3, 0.4) is 0 Å². The molecule has 0 radical (unpaired) electrons. The third kappa shape index (κ3) is 1.29.